The van der Waals surface area contributed by atoms with Crippen molar-refractivity contribution >= 4 is 33.1 Å². The van der Waals surface area contributed by atoms with Crippen molar-refractivity contribution in [2.24, 2.45) is 23.7 Å². The first kappa shape index (κ1) is 25.3. The molecular formula is C30H24F3O6S+. The van der Waals surface area contributed by atoms with Gasteiger partial charge in [0.2, 0.25) is 0 Å². The number of ether oxygens (including phenoxy) is 3. The molecule has 1 saturated heterocycles. The Hall–Kier alpha value is -3.66. The third kappa shape index (κ3) is 4.03. The Balaban J connectivity index is 1.09. The number of thiol groups is 1. The van der Waals surface area contributed by atoms with Crippen LogP contribution in [0.5, 0.6) is 5.75 Å². The van der Waals surface area contributed by atoms with Crippen LogP contribution in [-0.2, 0) is 35.7 Å². The van der Waals surface area contributed by atoms with Crippen molar-refractivity contribution in [2.45, 2.75) is 41.0 Å². The quantitative estimate of drug-likeness (QED) is 0.229. The van der Waals surface area contributed by atoms with E-state index in [0.717, 1.165) is 28.3 Å². The number of rotatable bonds is 5. The van der Waals surface area contributed by atoms with E-state index < -0.39 is 40.2 Å². The van der Waals surface area contributed by atoms with Crippen molar-refractivity contribution < 1.29 is 41.8 Å². The number of ketones is 1. The van der Waals surface area contributed by atoms with Gasteiger partial charge in [-0.25, -0.2) is 4.79 Å². The van der Waals surface area contributed by atoms with Crippen molar-refractivity contribution in [1.82, 2.24) is 0 Å². The maximum absolute atomic E-state index is 13.4. The zero-order valence-corrected chi connectivity index (χ0v) is 21.9. The normalized spacial score (nSPS) is 31.2. The number of carbonyl (C=O) groups excluding carboxylic acids is 3. The van der Waals surface area contributed by atoms with E-state index in [1.807, 2.05) is 24.3 Å². The van der Waals surface area contributed by atoms with Gasteiger partial charge in [0.05, 0.1) is 17.0 Å². The van der Waals surface area contributed by atoms with Crippen molar-refractivity contribution in [3.8, 4) is 5.75 Å². The topological polar surface area (TPSA) is 78.9 Å². The number of alkyl halides is 3. The van der Waals surface area contributed by atoms with E-state index in [2.05, 4.69) is 0 Å². The highest BCUT2D eigenvalue weighted by Crippen LogP contribution is 2.55. The number of Topliss-reactive ketones (excluding diaryl/α,β-unsaturated/α-hetero) is 1. The van der Waals surface area contributed by atoms with E-state index in [0.29, 0.717) is 17.1 Å². The third-order valence-corrected chi connectivity index (χ3v) is 11.1. The predicted molar refractivity (Wildman–Crippen MR) is 139 cm³/mol. The summed E-state index contributed by atoms with van der Waals surface area (Å²) in [6.07, 6.45) is 3.35. The van der Waals surface area contributed by atoms with Crippen LogP contribution in [0.25, 0.3) is 0 Å². The maximum Gasteiger partial charge on any atom is 0.416 e. The molecule has 7 atom stereocenters. The largest absolute Gasteiger partial charge is 0.482 e. The van der Waals surface area contributed by atoms with Crippen molar-refractivity contribution in [3.63, 3.8) is 0 Å². The number of carbonyl (C=O) groups is 3. The monoisotopic (exact) mass is 569 g/mol. The maximum atomic E-state index is 13.4. The minimum absolute atomic E-state index is 0.0594. The summed E-state index contributed by atoms with van der Waals surface area (Å²) in [4.78, 5) is 39.9. The minimum Gasteiger partial charge on any atom is -0.482 e. The van der Waals surface area contributed by atoms with Gasteiger partial charge in [-0.3, -0.25) is 9.59 Å². The van der Waals surface area contributed by atoms with Crippen LogP contribution in [0.15, 0.2) is 76.6 Å². The zero-order valence-electron chi connectivity index (χ0n) is 21.0. The first-order chi connectivity index (χ1) is 19.2. The third-order valence-electron chi connectivity index (χ3n) is 8.50. The minimum atomic E-state index is -4.55. The fraction of sp³-hybridized carbons (Fsp3) is 0.333. The summed E-state index contributed by atoms with van der Waals surface area (Å²) >= 11 is 0. The molecule has 2 aliphatic heterocycles. The van der Waals surface area contributed by atoms with Gasteiger partial charge in [0.25, 0.3) is 0 Å². The van der Waals surface area contributed by atoms with Crippen LogP contribution in [0.4, 0.5) is 13.2 Å². The molecule has 2 heterocycles. The molecule has 5 aliphatic rings. The summed E-state index contributed by atoms with van der Waals surface area (Å²) in [6, 6.07) is 10.4. The predicted octanol–water partition coefficient (Wildman–Crippen LogP) is 4.46. The standard InChI is InChI=1S/C30H23F3O6S/c31-30(32,33)16-5-10-24-22(13-16)26(35)19-3-1-2-4-23(19)40(24)18-8-6-17(7-9-18)37-14-25(34)38-27-15-11-20-21(12-15)29(36)39-28(20)27/h1-10,13,15,19-21,27-28H,11-12,14H2/p+1. The Morgan fingerprint density at radius 1 is 1.05 bits per heavy atom. The number of allylic oxidation sites excluding steroid dienone is 4. The molecule has 2 saturated carbocycles. The Kier molecular flexibility index (Phi) is 5.82. The van der Waals surface area contributed by atoms with Crippen molar-refractivity contribution in [2.75, 3.05) is 6.61 Å². The second-order valence-corrected chi connectivity index (χ2v) is 12.9. The number of esters is 2. The van der Waals surface area contributed by atoms with Crippen LogP contribution in [0, 0.1) is 23.7 Å². The molecule has 2 aromatic carbocycles. The Morgan fingerprint density at radius 3 is 2.62 bits per heavy atom. The highest BCUT2D eigenvalue weighted by atomic mass is 32.2. The Morgan fingerprint density at radius 2 is 1.85 bits per heavy atom. The molecule has 2 bridgehead atoms. The second-order valence-electron chi connectivity index (χ2n) is 10.7. The smallest absolute Gasteiger partial charge is 0.416 e. The van der Waals surface area contributed by atoms with Crippen LogP contribution in [-0.4, -0.2) is 41.4 Å². The SMILES string of the molecule is O=C(COc1ccc([SH+]2=C3C=CC=CC3C(=O)c3cc(C(F)(F)F)ccc32)cc1)OC1C2CC3C(=O)OC1C3C2. The summed E-state index contributed by atoms with van der Waals surface area (Å²) in [7, 11) is -1.27. The molecule has 7 unspecified atom stereocenters. The molecule has 0 radical (unpaired) electrons. The van der Waals surface area contributed by atoms with E-state index in [4.69, 9.17) is 14.2 Å². The molecule has 0 aromatic heterocycles. The van der Waals surface area contributed by atoms with Crippen LogP contribution >= 0.6 is 0 Å². The summed E-state index contributed by atoms with van der Waals surface area (Å²) in [5, 5.41) is 0. The molecule has 0 spiro atoms. The lowest BCUT2D eigenvalue weighted by Gasteiger charge is -2.25. The Bertz CT molecular complexity index is 1540. The van der Waals surface area contributed by atoms with E-state index in [-0.39, 0.29) is 47.8 Å². The number of benzene rings is 2. The lowest BCUT2D eigenvalue weighted by Crippen LogP contribution is -2.37. The fourth-order valence-corrected chi connectivity index (χ4v) is 9.41. The second kappa shape index (κ2) is 9.19. The van der Waals surface area contributed by atoms with E-state index in [1.54, 1.807) is 24.3 Å². The van der Waals surface area contributed by atoms with E-state index in [9.17, 15) is 27.6 Å². The molecule has 3 aliphatic carbocycles. The van der Waals surface area contributed by atoms with E-state index in [1.165, 1.54) is 6.07 Å². The lowest BCUT2D eigenvalue weighted by atomic mass is 9.88. The molecule has 6 nitrogen and oxygen atoms in total. The molecule has 206 valence electrons. The molecule has 40 heavy (non-hydrogen) atoms. The van der Waals surface area contributed by atoms with Gasteiger partial charge in [-0.15, -0.1) is 0 Å². The van der Waals surface area contributed by atoms with Gasteiger partial charge in [0.1, 0.15) is 38.5 Å². The molecule has 7 rings (SSSR count). The highest BCUT2D eigenvalue weighted by Gasteiger charge is 2.63. The highest BCUT2D eigenvalue weighted by molar-refractivity contribution is 7.97. The average molecular weight is 570 g/mol. The summed E-state index contributed by atoms with van der Waals surface area (Å²) in [6.45, 7) is -0.309. The molecule has 0 N–H and O–H groups in total. The molecule has 3 fully saturated rings. The van der Waals surface area contributed by atoms with Gasteiger partial charge in [-0.1, -0.05) is 28.7 Å². The van der Waals surface area contributed by atoms with Gasteiger partial charge in [0, 0.05) is 11.8 Å². The van der Waals surface area contributed by atoms with Gasteiger partial charge >= 0.3 is 18.1 Å². The van der Waals surface area contributed by atoms with Crippen molar-refractivity contribution in [1.29, 1.82) is 0 Å². The van der Waals surface area contributed by atoms with E-state index >= 15 is 0 Å². The first-order valence-corrected chi connectivity index (χ1v) is 14.4. The number of fused-ring (bicyclic) bond motifs is 3. The van der Waals surface area contributed by atoms with Crippen molar-refractivity contribution in [3.05, 3.63) is 77.9 Å². The molecule has 2 aromatic rings. The van der Waals surface area contributed by atoms with Crippen LogP contribution in [0.3, 0.4) is 0 Å². The number of hydrogen-bond acceptors (Lipinski definition) is 6. The number of hydrogen-bond donors (Lipinski definition) is 0. The first-order valence-electron chi connectivity index (χ1n) is 13.1. The summed E-state index contributed by atoms with van der Waals surface area (Å²) in [5.74, 6) is -1.04. The molecule has 10 heteroatoms. The van der Waals surface area contributed by atoms with Gasteiger partial charge < -0.3 is 14.2 Å². The summed E-state index contributed by atoms with van der Waals surface area (Å²) in [5.41, 5.74) is -0.752. The molecular weight excluding hydrogens is 545 g/mol. The van der Waals surface area contributed by atoms with Crippen LogP contribution < -0.4 is 4.74 Å². The zero-order chi connectivity index (χ0) is 27.8. The van der Waals surface area contributed by atoms with Crippen LogP contribution in [0.1, 0.15) is 28.8 Å². The Labute approximate surface area is 229 Å². The van der Waals surface area contributed by atoms with Crippen LogP contribution in [0.2, 0.25) is 0 Å². The average Bonchev–Trinajstić information content (AvgIpc) is 3.58. The van der Waals surface area contributed by atoms with Gasteiger partial charge in [-0.05, 0) is 61.4 Å². The van der Waals surface area contributed by atoms with Gasteiger partial charge in [-0.2, -0.15) is 13.2 Å². The summed E-state index contributed by atoms with van der Waals surface area (Å²) < 4.78 is 57.0. The molecule has 0 amide bonds. The lowest BCUT2D eigenvalue weighted by molar-refractivity contribution is -0.163. The number of halogens is 3. The van der Waals surface area contributed by atoms with Gasteiger partial charge in [0.15, 0.2) is 12.4 Å². The fourth-order valence-electron chi connectivity index (χ4n) is 6.75.